The van der Waals surface area contributed by atoms with Gasteiger partial charge in [-0.1, -0.05) is 48.5 Å². The van der Waals surface area contributed by atoms with Crippen LogP contribution in [0.1, 0.15) is 26.5 Å². The molecule has 1 aliphatic rings. The number of aryl methyl sites for hydroxylation is 2. The number of rotatable bonds is 6. The standard InChI is InChI=1S/C28H27N3O5/c1-35-28(34)24-25(29-15-17-30(18-16-29)26(32)23-12-7-19-36-23)21-10-5-6-11-22(21)31(27(24)33)14-13-20-8-3-2-4-9-20/h2-12,19H,13-18H2,1H3. The summed E-state index contributed by atoms with van der Waals surface area (Å²) < 4.78 is 12.0. The van der Waals surface area contributed by atoms with Crippen molar-refractivity contribution in [2.24, 2.45) is 0 Å². The number of methoxy groups -OCH3 is 1. The SMILES string of the molecule is COC(=O)c1c(N2CCN(C(=O)c3ccco3)CC2)c2ccccc2n(CCc2ccccc2)c1=O. The number of piperazine rings is 1. The average molecular weight is 486 g/mol. The van der Waals surface area contributed by atoms with Crippen molar-refractivity contribution in [3.63, 3.8) is 0 Å². The molecule has 0 atom stereocenters. The maximum absolute atomic E-state index is 13.8. The predicted molar refractivity (Wildman–Crippen MR) is 137 cm³/mol. The summed E-state index contributed by atoms with van der Waals surface area (Å²) in [5.41, 5.74) is 2.07. The first-order valence-corrected chi connectivity index (χ1v) is 11.9. The van der Waals surface area contributed by atoms with E-state index in [4.69, 9.17) is 9.15 Å². The van der Waals surface area contributed by atoms with Crippen LogP contribution in [-0.2, 0) is 17.7 Å². The fourth-order valence-electron chi connectivity index (χ4n) is 4.80. The number of nitrogens with zero attached hydrogens (tertiary/aromatic N) is 3. The zero-order valence-corrected chi connectivity index (χ0v) is 20.1. The number of esters is 1. The highest BCUT2D eigenvalue weighted by Crippen LogP contribution is 2.31. The molecule has 0 saturated carbocycles. The topological polar surface area (TPSA) is 85.0 Å². The highest BCUT2D eigenvalue weighted by Gasteiger charge is 2.30. The number of furan rings is 1. The fraction of sp³-hybridized carbons (Fsp3) is 0.250. The second-order valence-electron chi connectivity index (χ2n) is 8.68. The van der Waals surface area contributed by atoms with Gasteiger partial charge >= 0.3 is 5.97 Å². The van der Waals surface area contributed by atoms with Gasteiger partial charge in [-0.05, 0) is 30.2 Å². The van der Waals surface area contributed by atoms with E-state index in [1.165, 1.54) is 13.4 Å². The van der Waals surface area contributed by atoms with Crippen molar-refractivity contribution in [1.29, 1.82) is 0 Å². The smallest absolute Gasteiger partial charge is 0.345 e. The Morgan fingerprint density at radius 1 is 0.917 bits per heavy atom. The Balaban J connectivity index is 1.52. The molecule has 4 aromatic rings. The molecule has 2 aromatic carbocycles. The molecule has 0 bridgehead atoms. The quantitative estimate of drug-likeness (QED) is 0.388. The lowest BCUT2D eigenvalue weighted by atomic mass is 10.0. The largest absolute Gasteiger partial charge is 0.465 e. The number of aromatic nitrogens is 1. The summed E-state index contributed by atoms with van der Waals surface area (Å²) in [6.07, 6.45) is 2.13. The molecule has 0 aliphatic carbocycles. The summed E-state index contributed by atoms with van der Waals surface area (Å²) in [5, 5.41) is 0.802. The van der Waals surface area contributed by atoms with E-state index < -0.39 is 5.97 Å². The lowest BCUT2D eigenvalue weighted by Gasteiger charge is -2.37. The lowest BCUT2D eigenvalue weighted by molar-refractivity contribution is 0.0597. The number of fused-ring (bicyclic) bond motifs is 1. The molecule has 2 aromatic heterocycles. The van der Waals surface area contributed by atoms with Crippen LogP contribution in [0.15, 0.2) is 82.2 Å². The second kappa shape index (κ2) is 10.1. The monoisotopic (exact) mass is 485 g/mol. The van der Waals surface area contributed by atoms with Crippen molar-refractivity contribution >= 4 is 28.5 Å². The van der Waals surface area contributed by atoms with Crippen LogP contribution in [0.5, 0.6) is 0 Å². The van der Waals surface area contributed by atoms with Gasteiger partial charge in [0.15, 0.2) is 5.76 Å². The molecule has 1 amide bonds. The average Bonchev–Trinajstić information content (AvgIpc) is 3.47. The number of ether oxygens (including phenoxy) is 1. The first-order valence-electron chi connectivity index (χ1n) is 11.9. The number of amides is 1. The molecule has 8 nitrogen and oxygen atoms in total. The fourth-order valence-corrected chi connectivity index (χ4v) is 4.80. The molecular formula is C28H27N3O5. The first-order chi connectivity index (χ1) is 17.6. The molecule has 0 N–H and O–H groups in total. The Labute approximate surface area is 208 Å². The number of carbonyl (C=O) groups is 2. The molecule has 8 heteroatoms. The minimum atomic E-state index is -0.664. The van der Waals surface area contributed by atoms with Gasteiger partial charge in [-0.25, -0.2) is 4.79 Å². The summed E-state index contributed by atoms with van der Waals surface area (Å²) in [5.74, 6) is -0.539. The first kappa shape index (κ1) is 23.4. The predicted octanol–water partition coefficient (Wildman–Crippen LogP) is 3.59. The normalized spacial score (nSPS) is 13.7. The maximum atomic E-state index is 13.8. The molecule has 5 rings (SSSR count). The molecular weight excluding hydrogens is 458 g/mol. The third kappa shape index (κ3) is 4.37. The van der Waals surface area contributed by atoms with E-state index in [-0.39, 0.29) is 17.0 Å². The molecule has 36 heavy (non-hydrogen) atoms. The van der Waals surface area contributed by atoms with Gasteiger partial charge in [-0.15, -0.1) is 0 Å². The Morgan fingerprint density at radius 3 is 2.33 bits per heavy atom. The van der Waals surface area contributed by atoms with Gasteiger partial charge in [0.05, 0.1) is 24.6 Å². The second-order valence-corrected chi connectivity index (χ2v) is 8.68. The zero-order chi connectivity index (χ0) is 25.1. The molecule has 1 aliphatic heterocycles. The van der Waals surface area contributed by atoms with Crippen LogP contribution < -0.4 is 10.5 Å². The van der Waals surface area contributed by atoms with E-state index >= 15 is 0 Å². The van der Waals surface area contributed by atoms with Crippen LogP contribution in [0.25, 0.3) is 10.9 Å². The summed E-state index contributed by atoms with van der Waals surface area (Å²) in [6.45, 7) is 2.23. The van der Waals surface area contributed by atoms with Gasteiger partial charge in [0, 0.05) is 38.1 Å². The maximum Gasteiger partial charge on any atom is 0.345 e. The van der Waals surface area contributed by atoms with Crippen molar-refractivity contribution in [2.45, 2.75) is 13.0 Å². The van der Waals surface area contributed by atoms with Crippen LogP contribution in [-0.4, -0.2) is 54.6 Å². The molecule has 184 valence electrons. The van der Waals surface area contributed by atoms with Crippen LogP contribution in [0.4, 0.5) is 5.69 Å². The molecule has 0 unspecified atom stereocenters. The Bertz CT molecular complexity index is 1440. The Hall–Kier alpha value is -4.33. The molecule has 0 spiro atoms. The van der Waals surface area contributed by atoms with Gasteiger partial charge in [-0.2, -0.15) is 0 Å². The van der Waals surface area contributed by atoms with E-state index in [1.807, 2.05) is 59.5 Å². The van der Waals surface area contributed by atoms with Crippen molar-refractivity contribution < 1.29 is 18.7 Å². The van der Waals surface area contributed by atoms with E-state index in [2.05, 4.69) is 0 Å². The van der Waals surface area contributed by atoms with E-state index in [0.717, 1.165) is 16.5 Å². The highest BCUT2D eigenvalue weighted by molar-refractivity contribution is 6.05. The van der Waals surface area contributed by atoms with Crippen LogP contribution >= 0.6 is 0 Å². The van der Waals surface area contributed by atoms with Crippen molar-refractivity contribution in [2.75, 3.05) is 38.2 Å². The van der Waals surface area contributed by atoms with E-state index in [0.29, 0.717) is 50.6 Å². The number of para-hydroxylation sites is 1. The number of hydrogen-bond donors (Lipinski definition) is 0. The third-order valence-electron chi connectivity index (χ3n) is 6.62. The van der Waals surface area contributed by atoms with Gasteiger partial charge in [0.2, 0.25) is 0 Å². The lowest BCUT2D eigenvalue weighted by Crippen LogP contribution is -2.49. The summed E-state index contributed by atoms with van der Waals surface area (Å²) in [4.78, 5) is 43.1. The molecule has 1 fully saturated rings. The summed E-state index contributed by atoms with van der Waals surface area (Å²) in [7, 11) is 1.29. The summed E-state index contributed by atoms with van der Waals surface area (Å²) >= 11 is 0. The minimum Gasteiger partial charge on any atom is -0.465 e. The van der Waals surface area contributed by atoms with Gasteiger partial charge in [-0.3, -0.25) is 9.59 Å². The van der Waals surface area contributed by atoms with Gasteiger partial charge in [0.25, 0.3) is 11.5 Å². The van der Waals surface area contributed by atoms with Crippen molar-refractivity contribution in [1.82, 2.24) is 9.47 Å². The van der Waals surface area contributed by atoms with Crippen LogP contribution in [0.3, 0.4) is 0 Å². The number of anilines is 1. The number of hydrogen-bond acceptors (Lipinski definition) is 6. The third-order valence-corrected chi connectivity index (χ3v) is 6.62. The van der Waals surface area contributed by atoms with Crippen LogP contribution in [0.2, 0.25) is 0 Å². The number of benzene rings is 2. The minimum absolute atomic E-state index is 0.0232. The Kier molecular flexibility index (Phi) is 6.58. The van der Waals surface area contributed by atoms with Gasteiger partial charge < -0.3 is 23.5 Å². The number of carbonyl (C=O) groups excluding carboxylic acids is 2. The van der Waals surface area contributed by atoms with Crippen LogP contribution in [0, 0.1) is 0 Å². The van der Waals surface area contributed by atoms with E-state index in [1.54, 1.807) is 21.6 Å². The highest BCUT2D eigenvalue weighted by atomic mass is 16.5. The van der Waals surface area contributed by atoms with Crippen molar-refractivity contribution in [3.05, 3.63) is 100 Å². The molecule has 3 heterocycles. The van der Waals surface area contributed by atoms with Gasteiger partial charge in [0.1, 0.15) is 5.56 Å². The summed E-state index contributed by atoms with van der Waals surface area (Å²) in [6, 6.07) is 20.9. The Morgan fingerprint density at radius 2 is 1.64 bits per heavy atom. The van der Waals surface area contributed by atoms with E-state index in [9.17, 15) is 14.4 Å². The molecule has 0 radical (unpaired) electrons. The number of pyridine rings is 1. The van der Waals surface area contributed by atoms with Crippen molar-refractivity contribution in [3.8, 4) is 0 Å². The molecule has 1 saturated heterocycles. The zero-order valence-electron chi connectivity index (χ0n) is 20.1.